The summed E-state index contributed by atoms with van der Waals surface area (Å²) >= 11 is 0. The van der Waals surface area contributed by atoms with Gasteiger partial charge >= 0.3 is 0 Å². The molecule has 2 saturated heterocycles. The van der Waals surface area contributed by atoms with Gasteiger partial charge < -0.3 is 9.47 Å². The summed E-state index contributed by atoms with van der Waals surface area (Å²) < 4.78 is 12.4. The lowest BCUT2D eigenvalue weighted by atomic mass is 9.73. The smallest absolute Gasteiger partial charge is 0.0748 e. The molecule has 0 aliphatic carbocycles. The van der Waals surface area contributed by atoms with E-state index in [1.54, 1.807) is 0 Å². The molecule has 0 N–H and O–H groups in total. The van der Waals surface area contributed by atoms with E-state index in [1.165, 1.54) is 19.3 Å². The van der Waals surface area contributed by atoms with Gasteiger partial charge in [-0.3, -0.25) is 0 Å². The second kappa shape index (κ2) is 5.11. The van der Waals surface area contributed by atoms with Gasteiger partial charge in [0.05, 0.1) is 17.3 Å². The molecular formula is C15H26O2. The van der Waals surface area contributed by atoms with Crippen LogP contribution in [0.5, 0.6) is 0 Å². The minimum absolute atomic E-state index is 0.0193. The van der Waals surface area contributed by atoms with Gasteiger partial charge in [-0.2, -0.15) is 0 Å². The van der Waals surface area contributed by atoms with Crippen LogP contribution in [0.4, 0.5) is 0 Å². The Morgan fingerprint density at radius 1 is 1.41 bits per heavy atom. The lowest BCUT2D eigenvalue weighted by Crippen LogP contribution is -2.55. The fourth-order valence-electron chi connectivity index (χ4n) is 3.56. The largest absolute Gasteiger partial charge is 0.378 e. The molecule has 17 heavy (non-hydrogen) atoms. The lowest BCUT2D eigenvalue weighted by Gasteiger charge is -2.53. The molecule has 98 valence electrons. The minimum atomic E-state index is 0.0193. The van der Waals surface area contributed by atoms with Crippen LogP contribution >= 0.6 is 0 Å². The Balaban J connectivity index is 2.07. The molecule has 2 rings (SSSR count). The SMILES string of the molecule is C=CC[C@]12CCC[C@](C)(C[C@@H](OCCC)C1)O2. The first-order valence-corrected chi connectivity index (χ1v) is 7.04. The number of rotatable bonds is 5. The van der Waals surface area contributed by atoms with E-state index in [0.717, 1.165) is 32.3 Å². The van der Waals surface area contributed by atoms with E-state index in [1.807, 2.05) is 6.08 Å². The average Bonchev–Trinajstić information content (AvgIpc) is 2.24. The standard InChI is InChI=1S/C15H26O2/c1-4-7-15-9-6-8-14(3,17-15)11-13(12-15)16-10-5-2/h4,13H,1,5-12H2,2-3H3/t13-,14-,15+/m1/s1. The van der Waals surface area contributed by atoms with E-state index in [0.29, 0.717) is 6.10 Å². The van der Waals surface area contributed by atoms with Gasteiger partial charge in [0, 0.05) is 19.4 Å². The van der Waals surface area contributed by atoms with E-state index >= 15 is 0 Å². The molecule has 2 aliphatic rings. The van der Waals surface area contributed by atoms with E-state index in [2.05, 4.69) is 20.4 Å². The van der Waals surface area contributed by atoms with Crippen molar-refractivity contribution in [1.82, 2.24) is 0 Å². The normalized spacial score (nSPS) is 41.2. The van der Waals surface area contributed by atoms with Crippen molar-refractivity contribution in [2.75, 3.05) is 6.61 Å². The Bertz CT molecular complexity index is 276. The van der Waals surface area contributed by atoms with Gasteiger partial charge in [-0.05, 0) is 39.0 Å². The Labute approximate surface area is 105 Å². The van der Waals surface area contributed by atoms with Gasteiger partial charge in [0.25, 0.3) is 0 Å². The third-order valence-corrected chi connectivity index (χ3v) is 4.13. The maximum absolute atomic E-state index is 6.40. The van der Waals surface area contributed by atoms with Crippen molar-refractivity contribution in [3.05, 3.63) is 12.7 Å². The molecule has 2 heterocycles. The summed E-state index contributed by atoms with van der Waals surface area (Å²) in [6.45, 7) is 9.19. The van der Waals surface area contributed by atoms with Crippen LogP contribution in [-0.4, -0.2) is 23.9 Å². The van der Waals surface area contributed by atoms with Crippen molar-refractivity contribution in [1.29, 1.82) is 0 Å². The molecule has 2 bridgehead atoms. The van der Waals surface area contributed by atoms with Crippen LogP contribution in [0.1, 0.15) is 58.8 Å². The summed E-state index contributed by atoms with van der Waals surface area (Å²) in [6.07, 6.45) is 10.2. The van der Waals surface area contributed by atoms with Crippen LogP contribution < -0.4 is 0 Å². The summed E-state index contributed by atoms with van der Waals surface area (Å²) in [7, 11) is 0. The first-order valence-electron chi connectivity index (χ1n) is 7.04. The van der Waals surface area contributed by atoms with Crippen molar-refractivity contribution in [3.8, 4) is 0 Å². The Hall–Kier alpha value is -0.340. The fraction of sp³-hybridized carbons (Fsp3) is 0.867. The molecule has 3 atom stereocenters. The quantitative estimate of drug-likeness (QED) is 0.677. The van der Waals surface area contributed by atoms with Crippen molar-refractivity contribution in [3.63, 3.8) is 0 Å². The number of hydrogen-bond acceptors (Lipinski definition) is 2. The number of ether oxygens (including phenoxy) is 2. The molecule has 2 nitrogen and oxygen atoms in total. The monoisotopic (exact) mass is 238 g/mol. The molecule has 2 aliphatic heterocycles. The molecule has 0 unspecified atom stereocenters. The van der Waals surface area contributed by atoms with Crippen LogP contribution in [0.25, 0.3) is 0 Å². The van der Waals surface area contributed by atoms with Gasteiger partial charge in [-0.1, -0.05) is 13.0 Å². The van der Waals surface area contributed by atoms with E-state index < -0.39 is 0 Å². The minimum Gasteiger partial charge on any atom is -0.378 e. The number of fused-ring (bicyclic) bond motifs is 2. The molecule has 0 aromatic rings. The summed E-state index contributed by atoms with van der Waals surface area (Å²) in [6, 6.07) is 0. The average molecular weight is 238 g/mol. The van der Waals surface area contributed by atoms with Gasteiger partial charge in [0.1, 0.15) is 0 Å². The van der Waals surface area contributed by atoms with Gasteiger partial charge in [0.2, 0.25) is 0 Å². The summed E-state index contributed by atoms with van der Waals surface area (Å²) in [5.74, 6) is 0. The predicted octanol–water partition coefficient (Wildman–Crippen LogP) is 3.85. The molecule has 0 radical (unpaired) electrons. The highest BCUT2D eigenvalue weighted by atomic mass is 16.5. The first-order chi connectivity index (χ1) is 8.11. The second-order valence-corrected chi connectivity index (χ2v) is 5.98. The topological polar surface area (TPSA) is 18.5 Å². The highest BCUT2D eigenvalue weighted by Gasteiger charge is 2.49. The Morgan fingerprint density at radius 2 is 2.24 bits per heavy atom. The third kappa shape index (κ3) is 2.92. The van der Waals surface area contributed by atoms with Crippen molar-refractivity contribution in [2.24, 2.45) is 0 Å². The molecule has 0 saturated carbocycles. The molecule has 0 aromatic carbocycles. The van der Waals surface area contributed by atoms with Gasteiger partial charge in [-0.25, -0.2) is 0 Å². The molecule has 0 aromatic heterocycles. The highest BCUT2D eigenvalue weighted by Crippen LogP contribution is 2.48. The molecule has 2 fully saturated rings. The van der Waals surface area contributed by atoms with Crippen LogP contribution in [0.15, 0.2) is 12.7 Å². The maximum atomic E-state index is 6.40. The van der Waals surface area contributed by atoms with Crippen LogP contribution in [0, 0.1) is 0 Å². The van der Waals surface area contributed by atoms with Crippen LogP contribution in [-0.2, 0) is 9.47 Å². The zero-order valence-electron chi connectivity index (χ0n) is 11.3. The van der Waals surface area contributed by atoms with Gasteiger partial charge in [-0.15, -0.1) is 6.58 Å². The first kappa shape index (κ1) is 13.1. The highest BCUT2D eigenvalue weighted by molar-refractivity contribution is 5.02. The molecule has 0 amide bonds. The van der Waals surface area contributed by atoms with Crippen LogP contribution in [0.2, 0.25) is 0 Å². The van der Waals surface area contributed by atoms with E-state index in [9.17, 15) is 0 Å². The van der Waals surface area contributed by atoms with Gasteiger partial charge in [0.15, 0.2) is 0 Å². The zero-order valence-corrected chi connectivity index (χ0v) is 11.3. The fourth-order valence-corrected chi connectivity index (χ4v) is 3.56. The number of hydrogen-bond donors (Lipinski definition) is 0. The summed E-state index contributed by atoms with van der Waals surface area (Å²) in [5.41, 5.74) is 0.0589. The third-order valence-electron chi connectivity index (χ3n) is 4.13. The van der Waals surface area contributed by atoms with Crippen molar-refractivity contribution >= 4 is 0 Å². The van der Waals surface area contributed by atoms with E-state index in [-0.39, 0.29) is 11.2 Å². The molecule has 2 heteroatoms. The predicted molar refractivity (Wildman–Crippen MR) is 70.2 cm³/mol. The second-order valence-electron chi connectivity index (χ2n) is 5.98. The van der Waals surface area contributed by atoms with Crippen molar-refractivity contribution < 1.29 is 9.47 Å². The Morgan fingerprint density at radius 3 is 2.94 bits per heavy atom. The summed E-state index contributed by atoms with van der Waals surface area (Å²) in [5, 5.41) is 0. The van der Waals surface area contributed by atoms with E-state index in [4.69, 9.17) is 9.47 Å². The molecular weight excluding hydrogens is 212 g/mol. The van der Waals surface area contributed by atoms with Crippen LogP contribution in [0.3, 0.4) is 0 Å². The lowest BCUT2D eigenvalue weighted by molar-refractivity contribution is -0.242. The maximum Gasteiger partial charge on any atom is 0.0748 e. The molecule has 0 spiro atoms. The zero-order chi connectivity index (χ0) is 12.4. The summed E-state index contributed by atoms with van der Waals surface area (Å²) in [4.78, 5) is 0. The van der Waals surface area contributed by atoms with Crippen molar-refractivity contribution in [2.45, 2.75) is 76.1 Å². The Kier molecular flexibility index (Phi) is 3.94.